The van der Waals surface area contributed by atoms with Crippen LogP contribution >= 0.6 is 0 Å². The van der Waals surface area contributed by atoms with Crippen molar-refractivity contribution in [2.24, 2.45) is 0 Å². The van der Waals surface area contributed by atoms with E-state index < -0.39 is 34.9 Å². The van der Waals surface area contributed by atoms with Crippen molar-refractivity contribution < 1.29 is 14.0 Å². The highest BCUT2D eigenvalue weighted by Gasteiger charge is 2.34. The molecule has 9 heteroatoms. The fourth-order valence-electron chi connectivity index (χ4n) is 3.04. The molecule has 1 atom stereocenters. The van der Waals surface area contributed by atoms with Crippen LogP contribution < -0.4 is 16.6 Å². The average molecular weight is 360 g/mol. The van der Waals surface area contributed by atoms with Gasteiger partial charge in [0.2, 0.25) is 11.8 Å². The van der Waals surface area contributed by atoms with Gasteiger partial charge >= 0.3 is 5.69 Å². The van der Waals surface area contributed by atoms with Gasteiger partial charge in [-0.3, -0.25) is 19.4 Å². The first-order valence-corrected chi connectivity index (χ1v) is 8.01. The predicted octanol–water partition coefficient (Wildman–Crippen LogP) is -0.247. The lowest BCUT2D eigenvalue weighted by Crippen LogP contribution is -2.52. The maximum absolute atomic E-state index is 13.6. The van der Waals surface area contributed by atoms with E-state index in [0.717, 1.165) is 0 Å². The number of hydrogen-bond donors (Lipinski definition) is 3. The SMILES string of the molecule is Cc1[nH]c(=O)[nH]c(=O)c1CC(=O)N1CCNC(=O)C1c1cccc(F)c1. The predicted molar refractivity (Wildman–Crippen MR) is 90.0 cm³/mol. The Labute approximate surface area is 147 Å². The van der Waals surface area contributed by atoms with E-state index in [0.29, 0.717) is 5.56 Å². The number of aromatic nitrogens is 2. The zero-order chi connectivity index (χ0) is 18.8. The number of halogens is 1. The van der Waals surface area contributed by atoms with Crippen LogP contribution in [0.25, 0.3) is 0 Å². The Morgan fingerprint density at radius 1 is 1.27 bits per heavy atom. The van der Waals surface area contributed by atoms with Crippen LogP contribution in [-0.4, -0.2) is 39.8 Å². The van der Waals surface area contributed by atoms with Crippen molar-refractivity contribution in [1.82, 2.24) is 20.2 Å². The lowest BCUT2D eigenvalue weighted by Gasteiger charge is -2.35. The fourth-order valence-corrected chi connectivity index (χ4v) is 3.04. The molecular weight excluding hydrogens is 343 g/mol. The lowest BCUT2D eigenvalue weighted by molar-refractivity contribution is -0.143. The highest BCUT2D eigenvalue weighted by Crippen LogP contribution is 2.24. The van der Waals surface area contributed by atoms with Crippen molar-refractivity contribution in [2.45, 2.75) is 19.4 Å². The molecule has 0 radical (unpaired) electrons. The second kappa shape index (κ2) is 6.95. The van der Waals surface area contributed by atoms with Crippen LogP contribution in [-0.2, 0) is 16.0 Å². The summed E-state index contributed by atoms with van der Waals surface area (Å²) in [6.45, 7) is 2.01. The third kappa shape index (κ3) is 3.41. The number of H-pyrrole nitrogens is 2. The van der Waals surface area contributed by atoms with Gasteiger partial charge in [0.05, 0.1) is 6.42 Å². The smallest absolute Gasteiger partial charge is 0.325 e. The number of aromatic amines is 2. The summed E-state index contributed by atoms with van der Waals surface area (Å²) in [4.78, 5) is 54.2. The highest BCUT2D eigenvalue weighted by atomic mass is 19.1. The van der Waals surface area contributed by atoms with Gasteiger partial charge < -0.3 is 15.2 Å². The van der Waals surface area contributed by atoms with Crippen LogP contribution in [0.4, 0.5) is 4.39 Å². The van der Waals surface area contributed by atoms with Crippen LogP contribution in [0.5, 0.6) is 0 Å². The number of aryl methyl sites for hydroxylation is 1. The summed E-state index contributed by atoms with van der Waals surface area (Å²) < 4.78 is 13.6. The number of carbonyl (C=O) groups excluding carboxylic acids is 2. The molecule has 2 heterocycles. The summed E-state index contributed by atoms with van der Waals surface area (Å²) in [6, 6.07) is 4.50. The molecule has 1 aliphatic heterocycles. The molecule has 1 aromatic carbocycles. The summed E-state index contributed by atoms with van der Waals surface area (Å²) in [5.74, 6) is -1.39. The maximum atomic E-state index is 13.6. The van der Waals surface area contributed by atoms with E-state index in [4.69, 9.17) is 0 Å². The largest absolute Gasteiger partial charge is 0.352 e. The summed E-state index contributed by atoms with van der Waals surface area (Å²) in [5.41, 5.74) is -0.542. The van der Waals surface area contributed by atoms with Crippen LogP contribution in [0.1, 0.15) is 22.9 Å². The molecule has 3 N–H and O–H groups in total. The number of benzene rings is 1. The summed E-state index contributed by atoms with van der Waals surface area (Å²) in [7, 11) is 0. The van der Waals surface area contributed by atoms with E-state index in [1.807, 2.05) is 0 Å². The van der Waals surface area contributed by atoms with Gasteiger partial charge in [-0.2, -0.15) is 0 Å². The van der Waals surface area contributed by atoms with Crippen molar-refractivity contribution >= 4 is 11.8 Å². The molecule has 136 valence electrons. The number of piperazine rings is 1. The fraction of sp³-hybridized carbons (Fsp3) is 0.294. The van der Waals surface area contributed by atoms with E-state index in [9.17, 15) is 23.6 Å². The van der Waals surface area contributed by atoms with Crippen LogP contribution in [0.2, 0.25) is 0 Å². The molecule has 2 amide bonds. The molecule has 1 fully saturated rings. The van der Waals surface area contributed by atoms with E-state index in [1.54, 1.807) is 6.07 Å². The van der Waals surface area contributed by atoms with E-state index in [-0.39, 0.29) is 30.8 Å². The zero-order valence-corrected chi connectivity index (χ0v) is 14.0. The van der Waals surface area contributed by atoms with Crippen molar-refractivity contribution in [3.63, 3.8) is 0 Å². The Morgan fingerprint density at radius 2 is 2.04 bits per heavy atom. The van der Waals surface area contributed by atoms with Gasteiger partial charge in [0.15, 0.2) is 0 Å². The molecule has 8 nitrogen and oxygen atoms in total. The number of rotatable bonds is 3. The lowest BCUT2D eigenvalue weighted by atomic mass is 10.0. The third-order valence-electron chi connectivity index (χ3n) is 4.28. The van der Waals surface area contributed by atoms with Gasteiger partial charge in [0.1, 0.15) is 11.9 Å². The number of carbonyl (C=O) groups is 2. The van der Waals surface area contributed by atoms with Gasteiger partial charge in [0, 0.05) is 24.3 Å². The van der Waals surface area contributed by atoms with Crippen LogP contribution in [0, 0.1) is 12.7 Å². The minimum Gasteiger partial charge on any atom is -0.352 e. The minimum absolute atomic E-state index is 0.124. The molecule has 1 aliphatic rings. The number of hydrogen-bond acceptors (Lipinski definition) is 4. The molecule has 0 aliphatic carbocycles. The standard InChI is InChI=1S/C17H17FN4O4/c1-9-12(15(24)21-17(26)20-9)8-13(23)22-6-5-19-16(25)14(22)10-3-2-4-11(18)7-10/h2-4,7,14H,5-6,8H2,1H3,(H,19,25)(H2,20,21,24,26). The van der Waals surface area contributed by atoms with Gasteiger partial charge in [-0.15, -0.1) is 0 Å². The normalized spacial score (nSPS) is 17.1. The molecule has 0 bridgehead atoms. The first-order chi connectivity index (χ1) is 12.4. The Bertz CT molecular complexity index is 981. The van der Waals surface area contributed by atoms with E-state index >= 15 is 0 Å². The number of nitrogens with zero attached hydrogens (tertiary/aromatic N) is 1. The molecule has 0 spiro atoms. The van der Waals surface area contributed by atoms with Crippen molar-refractivity contribution in [2.75, 3.05) is 13.1 Å². The highest BCUT2D eigenvalue weighted by molar-refractivity contribution is 5.90. The molecule has 3 rings (SSSR count). The molecule has 0 saturated carbocycles. The summed E-state index contributed by atoms with van der Waals surface area (Å²) >= 11 is 0. The Morgan fingerprint density at radius 3 is 2.73 bits per heavy atom. The second-order valence-electron chi connectivity index (χ2n) is 6.02. The summed E-state index contributed by atoms with van der Waals surface area (Å²) in [6.07, 6.45) is -0.281. The summed E-state index contributed by atoms with van der Waals surface area (Å²) in [5, 5.41) is 2.66. The molecule has 1 saturated heterocycles. The molecular formula is C17H17FN4O4. The molecule has 1 unspecified atom stereocenters. The van der Waals surface area contributed by atoms with Gasteiger partial charge in [-0.05, 0) is 24.6 Å². The third-order valence-corrected chi connectivity index (χ3v) is 4.28. The average Bonchev–Trinajstić information content (AvgIpc) is 2.57. The molecule has 1 aromatic heterocycles. The first kappa shape index (κ1) is 17.6. The molecule has 2 aromatic rings. The number of nitrogens with one attached hydrogen (secondary N) is 3. The van der Waals surface area contributed by atoms with Gasteiger partial charge in [-0.1, -0.05) is 12.1 Å². The second-order valence-corrected chi connectivity index (χ2v) is 6.02. The van der Waals surface area contributed by atoms with Crippen molar-refractivity contribution in [3.8, 4) is 0 Å². The Balaban J connectivity index is 1.93. The maximum Gasteiger partial charge on any atom is 0.325 e. The zero-order valence-electron chi connectivity index (χ0n) is 14.0. The van der Waals surface area contributed by atoms with Crippen molar-refractivity contribution in [3.05, 3.63) is 67.7 Å². The Kier molecular flexibility index (Phi) is 4.70. The minimum atomic E-state index is -0.978. The van der Waals surface area contributed by atoms with Crippen molar-refractivity contribution in [1.29, 1.82) is 0 Å². The molecule has 26 heavy (non-hydrogen) atoms. The van der Waals surface area contributed by atoms with E-state index in [1.165, 1.54) is 30.0 Å². The topological polar surface area (TPSA) is 115 Å². The van der Waals surface area contributed by atoms with Crippen LogP contribution in [0.3, 0.4) is 0 Å². The van der Waals surface area contributed by atoms with Gasteiger partial charge in [-0.25, -0.2) is 9.18 Å². The van der Waals surface area contributed by atoms with Crippen LogP contribution in [0.15, 0.2) is 33.9 Å². The quantitative estimate of drug-likeness (QED) is 0.700. The number of amides is 2. The first-order valence-electron chi connectivity index (χ1n) is 8.01. The van der Waals surface area contributed by atoms with Gasteiger partial charge in [0.25, 0.3) is 5.56 Å². The van der Waals surface area contributed by atoms with E-state index in [2.05, 4.69) is 15.3 Å². The Hall–Kier alpha value is -3.23. The monoisotopic (exact) mass is 360 g/mol.